The molecule has 20 heavy (non-hydrogen) atoms. The van der Waals surface area contributed by atoms with Gasteiger partial charge in [0.15, 0.2) is 0 Å². The van der Waals surface area contributed by atoms with Gasteiger partial charge in [0.05, 0.1) is 5.69 Å². The quantitative estimate of drug-likeness (QED) is 0.878. The minimum absolute atomic E-state index is 0.0146. The molecule has 1 aromatic carbocycles. The highest BCUT2D eigenvalue weighted by atomic mass is 35.5. The number of hydrogen-bond acceptors (Lipinski definition) is 2. The Hall–Kier alpha value is -1.62. The van der Waals surface area contributed by atoms with Crippen LogP contribution in [0.15, 0.2) is 18.2 Å². The van der Waals surface area contributed by atoms with Crippen LogP contribution in [-0.4, -0.2) is 18.4 Å². The van der Waals surface area contributed by atoms with Crippen LogP contribution in [0.25, 0.3) is 0 Å². The molecule has 4 nitrogen and oxygen atoms in total. The molecule has 2 atom stereocenters. The average molecular weight is 299 g/mol. The molecule has 0 unspecified atom stereocenters. The molecule has 2 rings (SSSR count). The molecule has 1 aromatic rings. The van der Waals surface area contributed by atoms with Crippen molar-refractivity contribution in [2.75, 3.05) is 11.9 Å². The zero-order valence-electron chi connectivity index (χ0n) is 11.1. The summed E-state index contributed by atoms with van der Waals surface area (Å²) in [6, 6.07) is 3.94. The van der Waals surface area contributed by atoms with Crippen LogP contribution >= 0.6 is 11.6 Å². The molecule has 1 aliphatic carbocycles. The predicted molar refractivity (Wildman–Crippen MR) is 74.9 cm³/mol. The summed E-state index contributed by atoms with van der Waals surface area (Å²) < 4.78 is 13.4. The normalized spacial score (nSPS) is 20.4. The first-order valence-corrected chi connectivity index (χ1v) is 6.88. The average Bonchev–Trinajstić information content (AvgIpc) is 3.11. The summed E-state index contributed by atoms with van der Waals surface area (Å²) in [5.41, 5.74) is 0.0460. The smallest absolute Gasteiger partial charge is 0.226 e. The van der Waals surface area contributed by atoms with Crippen molar-refractivity contribution in [3.05, 3.63) is 29.0 Å². The molecule has 108 valence electrons. The lowest BCUT2D eigenvalue weighted by molar-refractivity contribution is -0.122. The van der Waals surface area contributed by atoms with E-state index in [9.17, 15) is 14.0 Å². The SMILES string of the molecule is C[C@@H]1C[C@H]1C(=O)NCCC(=O)Nc1cc(Cl)ccc1F. The molecule has 0 spiro atoms. The van der Waals surface area contributed by atoms with Crippen molar-refractivity contribution in [3.63, 3.8) is 0 Å². The van der Waals surface area contributed by atoms with Crippen molar-refractivity contribution in [3.8, 4) is 0 Å². The van der Waals surface area contributed by atoms with E-state index in [4.69, 9.17) is 11.6 Å². The van der Waals surface area contributed by atoms with Gasteiger partial charge in [-0.05, 0) is 30.5 Å². The van der Waals surface area contributed by atoms with Gasteiger partial charge in [0.1, 0.15) is 5.82 Å². The fraction of sp³-hybridized carbons (Fsp3) is 0.429. The van der Waals surface area contributed by atoms with Crippen LogP contribution in [0.4, 0.5) is 10.1 Å². The van der Waals surface area contributed by atoms with Gasteiger partial charge in [0, 0.05) is 23.9 Å². The van der Waals surface area contributed by atoms with Crippen LogP contribution in [-0.2, 0) is 9.59 Å². The lowest BCUT2D eigenvalue weighted by atomic mass is 10.3. The third kappa shape index (κ3) is 3.93. The van der Waals surface area contributed by atoms with Crippen LogP contribution in [0.1, 0.15) is 19.8 Å². The summed E-state index contributed by atoms with van der Waals surface area (Å²) in [5, 5.41) is 5.47. The Kier molecular flexibility index (Phi) is 4.60. The number of benzene rings is 1. The number of anilines is 1. The van der Waals surface area contributed by atoms with Gasteiger partial charge in [-0.3, -0.25) is 9.59 Å². The Morgan fingerprint density at radius 3 is 2.80 bits per heavy atom. The fourth-order valence-electron chi connectivity index (χ4n) is 1.92. The Balaban J connectivity index is 1.75. The van der Waals surface area contributed by atoms with E-state index in [2.05, 4.69) is 10.6 Å². The topological polar surface area (TPSA) is 58.2 Å². The molecule has 2 amide bonds. The highest BCUT2D eigenvalue weighted by Gasteiger charge is 2.38. The second-order valence-corrected chi connectivity index (χ2v) is 5.47. The van der Waals surface area contributed by atoms with E-state index >= 15 is 0 Å². The summed E-state index contributed by atoms with van der Waals surface area (Å²) in [5.74, 6) is -0.402. The first-order chi connectivity index (χ1) is 9.47. The van der Waals surface area contributed by atoms with Gasteiger partial charge in [0.2, 0.25) is 11.8 Å². The third-order valence-electron chi connectivity index (χ3n) is 3.30. The maximum Gasteiger partial charge on any atom is 0.226 e. The molecule has 0 bridgehead atoms. The number of hydrogen-bond donors (Lipinski definition) is 2. The van der Waals surface area contributed by atoms with E-state index in [1.54, 1.807) is 0 Å². The molecule has 0 aromatic heterocycles. The number of amides is 2. The van der Waals surface area contributed by atoms with Crippen LogP contribution in [0.2, 0.25) is 5.02 Å². The van der Waals surface area contributed by atoms with Crippen LogP contribution < -0.4 is 10.6 Å². The third-order valence-corrected chi connectivity index (χ3v) is 3.54. The largest absolute Gasteiger partial charge is 0.355 e. The Bertz CT molecular complexity index is 536. The minimum atomic E-state index is -0.543. The zero-order valence-corrected chi connectivity index (χ0v) is 11.8. The van der Waals surface area contributed by atoms with Crippen molar-refractivity contribution >= 4 is 29.1 Å². The lowest BCUT2D eigenvalue weighted by Gasteiger charge is -2.07. The monoisotopic (exact) mass is 298 g/mol. The first kappa shape index (κ1) is 14.8. The molecule has 0 heterocycles. The first-order valence-electron chi connectivity index (χ1n) is 6.50. The van der Waals surface area contributed by atoms with Crippen molar-refractivity contribution in [1.29, 1.82) is 0 Å². The van der Waals surface area contributed by atoms with Gasteiger partial charge in [-0.25, -0.2) is 4.39 Å². The van der Waals surface area contributed by atoms with Gasteiger partial charge in [-0.1, -0.05) is 18.5 Å². The van der Waals surface area contributed by atoms with E-state index in [0.29, 0.717) is 10.9 Å². The summed E-state index contributed by atoms with van der Waals surface area (Å²) in [4.78, 5) is 23.2. The Morgan fingerprint density at radius 1 is 1.45 bits per heavy atom. The molecule has 0 aliphatic heterocycles. The van der Waals surface area contributed by atoms with Gasteiger partial charge in [0.25, 0.3) is 0 Å². The van der Waals surface area contributed by atoms with Crippen LogP contribution in [0.5, 0.6) is 0 Å². The molecular weight excluding hydrogens is 283 g/mol. The summed E-state index contributed by atoms with van der Waals surface area (Å²) in [6.07, 6.45) is 1.00. The number of carbonyl (C=O) groups excluding carboxylic acids is 2. The summed E-state index contributed by atoms with van der Waals surface area (Å²) in [7, 11) is 0. The maximum absolute atomic E-state index is 13.4. The highest BCUT2D eigenvalue weighted by molar-refractivity contribution is 6.30. The summed E-state index contributed by atoms with van der Waals surface area (Å²) >= 11 is 5.73. The fourth-order valence-corrected chi connectivity index (χ4v) is 2.10. The van der Waals surface area contributed by atoms with Crippen molar-refractivity contribution in [2.24, 2.45) is 11.8 Å². The molecule has 1 saturated carbocycles. The number of carbonyl (C=O) groups is 2. The van der Waals surface area contributed by atoms with Crippen molar-refractivity contribution in [1.82, 2.24) is 5.32 Å². The van der Waals surface area contributed by atoms with E-state index in [1.165, 1.54) is 18.2 Å². The Morgan fingerprint density at radius 2 is 2.15 bits per heavy atom. The molecule has 0 saturated heterocycles. The molecule has 1 fully saturated rings. The maximum atomic E-state index is 13.4. The number of halogens is 2. The molecule has 2 N–H and O–H groups in total. The van der Waals surface area contributed by atoms with Gasteiger partial charge in [-0.2, -0.15) is 0 Å². The van der Waals surface area contributed by atoms with Crippen LogP contribution in [0.3, 0.4) is 0 Å². The number of rotatable bonds is 5. The molecule has 1 aliphatic rings. The van der Waals surface area contributed by atoms with E-state index in [0.717, 1.165) is 6.42 Å². The Labute approximate surface area is 121 Å². The number of nitrogens with one attached hydrogen (secondary N) is 2. The van der Waals surface area contributed by atoms with E-state index in [1.807, 2.05) is 6.92 Å². The zero-order chi connectivity index (χ0) is 14.7. The standard InChI is InChI=1S/C14H16ClFN2O2/c1-8-6-10(8)14(20)17-5-4-13(19)18-12-7-9(15)2-3-11(12)16/h2-3,7-8,10H,4-6H2,1H3,(H,17,20)(H,18,19)/t8-,10-/m1/s1. The van der Waals surface area contributed by atoms with Crippen LogP contribution in [0, 0.1) is 17.7 Å². The van der Waals surface area contributed by atoms with Gasteiger partial charge in [-0.15, -0.1) is 0 Å². The van der Waals surface area contributed by atoms with E-state index < -0.39 is 5.82 Å². The molecular formula is C14H16ClFN2O2. The van der Waals surface area contributed by atoms with Crippen molar-refractivity contribution in [2.45, 2.75) is 19.8 Å². The molecule has 6 heteroatoms. The minimum Gasteiger partial charge on any atom is -0.355 e. The van der Waals surface area contributed by atoms with E-state index in [-0.39, 0.29) is 36.4 Å². The second-order valence-electron chi connectivity index (χ2n) is 5.03. The van der Waals surface area contributed by atoms with Gasteiger partial charge < -0.3 is 10.6 Å². The predicted octanol–water partition coefficient (Wildman–Crippen LogP) is 2.58. The second kappa shape index (κ2) is 6.22. The lowest BCUT2D eigenvalue weighted by Crippen LogP contribution is -2.29. The highest BCUT2D eigenvalue weighted by Crippen LogP contribution is 2.37. The van der Waals surface area contributed by atoms with Crippen molar-refractivity contribution < 1.29 is 14.0 Å². The summed E-state index contributed by atoms with van der Waals surface area (Å²) in [6.45, 7) is 2.26. The molecule has 0 radical (unpaired) electrons. The van der Waals surface area contributed by atoms with Gasteiger partial charge >= 0.3 is 0 Å².